The molecule has 40 heavy (non-hydrogen) atoms. The van der Waals surface area contributed by atoms with Gasteiger partial charge in [0.15, 0.2) is 0 Å². The van der Waals surface area contributed by atoms with E-state index in [4.69, 9.17) is 0 Å². The van der Waals surface area contributed by atoms with Crippen molar-refractivity contribution in [1.82, 2.24) is 4.57 Å². The van der Waals surface area contributed by atoms with Gasteiger partial charge in [0.1, 0.15) is 12.4 Å². The molecular weight excluding hydrogens is 484 g/mol. The van der Waals surface area contributed by atoms with E-state index in [1.54, 1.807) is 5.82 Å². The second-order valence-corrected chi connectivity index (χ2v) is 13.0. The van der Waals surface area contributed by atoms with Crippen molar-refractivity contribution >= 4 is 0 Å². The summed E-state index contributed by atoms with van der Waals surface area (Å²) in [6.07, 6.45) is 47.4. The number of imidazole rings is 1. The first-order valence-corrected chi connectivity index (χ1v) is 18.9. The second-order valence-electron chi connectivity index (χ2n) is 13.0. The number of hydrogen-bond acceptors (Lipinski definition) is 0. The minimum atomic E-state index is 1.23. The van der Waals surface area contributed by atoms with E-state index < -0.39 is 0 Å². The molecule has 1 heterocycles. The SMILES string of the molecule is CCCCCCCCCCCCCCC[n+]1ccn(CCCCCCCCCCCC)c1CCCCCCCC. The number of aromatic nitrogens is 2. The lowest BCUT2D eigenvalue weighted by Gasteiger charge is -2.07. The summed E-state index contributed by atoms with van der Waals surface area (Å²) < 4.78 is 5.25. The molecule has 1 aromatic heterocycles. The van der Waals surface area contributed by atoms with Gasteiger partial charge < -0.3 is 0 Å². The van der Waals surface area contributed by atoms with E-state index >= 15 is 0 Å². The molecule has 1 aromatic rings. The predicted molar refractivity (Wildman–Crippen MR) is 179 cm³/mol. The van der Waals surface area contributed by atoms with Crippen LogP contribution in [0.25, 0.3) is 0 Å². The summed E-state index contributed by atoms with van der Waals surface area (Å²) in [6, 6.07) is 0. The molecule has 0 spiro atoms. The normalized spacial score (nSPS) is 11.6. The average molecular weight is 560 g/mol. The zero-order valence-electron chi connectivity index (χ0n) is 28.2. The van der Waals surface area contributed by atoms with Gasteiger partial charge in [0.25, 0.3) is 5.82 Å². The minimum Gasteiger partial charge on any atom is -0.234 e. The van der Waals surface area contributed by atoms with Gasteiger partial charge >= 0.3 is 0 Å². The summed E-state index contributed by atoms with van der Waals surface area (Å²) >= 11 is 0. The van der Waals surface area contributed by atoms with Crippen molar-refractivity contribution in [1.29, 1.82) is 0 Å². The van der Waals surface area contributed by atoms with Gasteiger partial charge in [-0.3, -0.25) is 0 Å². The lowest BCUT2D eigenvalue weighted by atomic mass is 10.0. The molecule has 2 nitrogen and oxygen atoms in total. The molecule has 0 fully saturated rings. The number of aryl methyl sites for hydroxylation is 2. The minimum absolute atomic E-state index is 1.23. The van der Waals surface area contributed by atoms with Crippen molar-refractivity contribution in [2.45, 2.75) is 226 Å². The predicted octanol–water partition coefficient (Wildman–Crippen LogP) is 12.7. The third-order valence-corrected chi connectivity index (χ3v) is 9.10. The molecule has 2 heteroatoms. The molecule has 0 radical (unpaired) electrons. The molecule has 0 aliphatic rings. The van der Waals surface area contributed by atoms with Crippen LogP contribution in [0.2, 0.25) is 0 Å². The van der Waals surface area contributed by atoms with E-state index in [-0.39, 0.29) is 0 Å². The van der Waals surface area contributed by atoms with Crippen molar-refractivity contribution < 1.29 is 4.57 Å². The fourth-order valence-corrected chi connectivity index (χ4v) is 6.33. The maximum atomic E-state index is 2.63. The second kappa shape index (κ2) is 29.7. The van der Waals surface area contributed by atoms with Crippen molar-refractivity contribution in [3.63, 3.8) is 0 Å². The Morgan fingerprint density at radius 2 is 0.775 bits per heavy atom. The van der Waals surface area contributed by atoms with Crippen LogP contribution in [0.1, 0.15) is 213 Å². The zero-order valence-corrected chi connectivity index (χ0v) is 28.2. The molecule has 1 rings (SSSR count). The molecule has 0 amide bonds. The molecule has 0 N–H and O–H groups in total. The third-order valence-electron chi connectivity index (χ3n) is 9.10. The summed E-state index contributed by atoms with van der Waals surface area (Å²) in [5.41, 5.74) is 0. The summed E-state index contributed by atoms with van der Waals surface area (Å²) in [6.45, 7) is 9.40. The monoisotopic (exact) mass is 560 g/mol. The maximum absolute atomic E-state index is 2.63. The Bertz CT molecular complexity index is 619. The summed E-state index contributed by atoms with van der Waals surface area (Å²) in [5, 5.41) is 0. The van der Waals surface area contributed by atoms with E-state index in [1.165, 1.54) is 206 Å². The first-order valence-electron chi connectivity index (χ1n) is 18.9. The molecule has 0 saturated carbocycles. The summed E-state index contributed by atoms with van der Waals surface area (Å²) in [4.78, 5) is 0. The highest BCUT2D eigenvalue weighted by Gasteiger charge is 2.16. The lowest BCUT2D eigenvalue weighted by Crippen LogP contribution is -2.37. The molecule has 0 aliphatic heterocycles. The highest BCUT2D eigenvalue weighted by atomic mass is 15.1. The highest BCUT2D eigenvalue weighted by Crippen LogP contribution is 2.15. The van der Waals surface area contributed by atoms with Crippen LogP contribution in [-0.4, -0.2) is 4.57 Å². The number of nitrogens with zero attached hydrogens (tertiary/aromatic N) is 2. The van der Waals surface area contributed by atoms with Gasteiger partial charge in [-0.25, -0.2) is 9.13 Å². The fourth-order valence-electron chi connectivity index (χ4n) is 6.33. The molecule has 0 bridgehead atoms. The topological polar surface area (TPSA) is 8.81 Å². The molecule has 0 aromatic carbocycles. The van der Waals surface area contributed by atoms with Gasteiger partial charge in [-0.1, -0.05) is 175 Å². The zero-order chi connectivity index (χ0) is 28.8. The van der Waals surface area contributed by atoms with Gasteiger partial charge in [0.05, 0.1) is 13.1 Å². The van der Waals surface area contributed by atoms with Gasteiger partial charge in [-0.05, 0) is 32.1 Å². The van der Waals surface area contributed by atoms with E-state index in [0.29, 0.717) is 0 Å². The molecular formula is C38H75N2+. The van der Waals surface area contributed by atoms with Gasteiger partial charge in [-0.2, -0.15) is 0 Å². The van der Waals surface area contributed by atoms with Crippen molar-refractivity contribution in [2.75, 3.05) is 0 Å². The van der Waals surface area contributed by atoms with E-state index in [1.807, 2.05) is 0 Å². The smallest absolute Gasteiger partial charge is 0.234 e. The van der Waals surface area contributed by atoms with Crippen molar-refractivity contribution in [3.8, 4) is 0 Å². The molecule has 0 aliphatic carbocycles. The van der Waals surface area contributed by atoms with Crippen LogP contribution < -0.4 is 4.57 Å². The summed E-state index contributed by atoms with van der Waals surface area (Å²) in [7, 11) is 0. The molecule has 0 saturated heterocycles. The van der Waals surface area contributed by atoms with Crippen LogP contribution in [0.5, 0.6) is 0 Å². The number of rotatable bonds is 32. The van der Waals surface area contributed by atoms with E-state index in [2.05, 4.69) is 42.3 Å². The van der Waals surface area contributed by atoms with Crippen LogP contribution in [0.3, 0.4) is 0 Å². The van der Waals surface area contributed by atoms with Gasteiger partial charge in [-0.15, -0.1) is 0 Å². The first-order chi connectivity index (χ1) is 19.8. The van der Waals surface area contributed by atoms with Crippen LogP contribution >= 0.6 is 0 Å². The quantitative estimate of drug-likeness (QED) is 0.0613. The van der Waals surface area contributed by atoms with E-state index in [0.717, 1.165) is 0 Å². The van der Waals surface area contributed by atoms with Crippen LogP contribution in [-0.2, 0) is 19.5 Å². The molecule has 0 atom stereocenters. The van der Waals surface area contributed by atoms with Crippen LogP contribution in [0.4, 0.5) is 0 Å². The number of hydrogen-bond donors (Lipinski definition) is 0. The van der Waals surface area contributed by atoms with Crippen molar-refractivity contribution in [3.05, 3.63) is 18.2 Å². The number of unbranched alkanes of at least 4 members (excludes halogenated alkanes) is 26. The fraction of sp³-hybridized carbons (Fsp3) is 0.921. The molecule has 236 valence electrons. The van der Waals surface area contributed by atoms with Gasteiger partial charge in [0.2, 0.25) is 0 Å². The lowest BCUT2D eigenvalue weighted by molar-refractivity contribution is -0.704. The Morgan fingerprint density at radius 1 is 0.425 bits per heavy atom. The Labute approximate surface area is 253 Å². The highest BCUT2D eigenvalue weighted by molar-refractivity contribution is 4.84. The third kappa shape index (κ3) is 21.9. The average Bonchev–Trinajstić information content (AvgIpc) is 3.35. The Morgan fingerprint density at radius 3 is 1.20 bits per heavy atom. The standard InChI is InChI=1S/C38H75N2/c1-4-7-10-13-16-18-20-21-22-24-26-29-32-35-40-37-36-39(38(40)33-30-27-15-12-9-6-3)34-31-28-25-23-19-17-14-11-8-5-2/h36-37H,4-35H2,1-3H3/q+1. The largest absolute Gasteiger partial charge is 0.256 e. The Kier molecular flexibility index (Phi) is 27.6. The Balaban J connectivity index is 2.26. The van der Waals surface area contributed by atoms with Gasteiger partial charge in [0, 0.05) is 6.42 Å². The first kappa shape index (κ1) is 37.2. The van der Waals surface area contributed by atoms with Crippen LogP contribution in [0.15, 0.2) is 12.4 Å². The Hall–Kier alpha value is -0.790. The van der Waals surface area contributed by atoms with Crippen LogP contribution in [0, 0.1) is 0 Å². The maximum Gasteiger partial charge on any atom is 0.256 e. The van der Waals surface area contributed by atoms with E-state index in [9.17, 15) is 0 Å². The molecule has 0 unspecified atom stereocenters. The summed E-state index contributed by atoms with van der Waals surface area (Å²) in [5.74, 6) is 1.62. The van der Waals surface area contributed by atoms with Crippen molar-refractivity contribution in [2.24, 2.45) is 0 Å².